The summed E-state index contributed by atoms with van der Waals surface area (Å²) >= 11 is 0. The van der Waals surface area contributed by atoms with Crippen molar-refractivity contribution in [1.82, 2.24) is 24.5 Å². The number of aryl methyl sites for hydroxylation is 1. The zero-order valence-corrected chi connectivity index (χ0v) is 13.3. The van der Waals surface area contributed by atoms with Gasteiger partial charge in [-0.1, -0.05) is 6.92 Å². The Morgan fingerprint density at radius 3 is 2.86 bits per heavy atom. The van der Waals surface area contributed by atoms with Crippen molar-refractivity contribution in [3.63, 3.8) is 0 Å². The van der Waals surface area contributed by atoms with Gasteiger partial charge in [0.25, 0.3) is 5.78 Å². The van der Waals surface area contributed by atoms with Gasteiger partial charge in [-0.05, 0) is 45.2 Å². The van der Waals surface area contributed by atoms with Gasteiger partial charge in [0, 0.05) is 30.9 Å². The Kier molecular flexibility index (Phi) is 3.70. The minimum atomic E-state index is 0.688. The van der Waals surface area contributed by atoms with Gasteiger partial charge < -0.3 is 4.90 Å². The fraction of sp³-hybridized carbons (Fsp3) is 0.688. The second-order valence-corrected chi connectivity index (χ2v) is 6.42. The summed E-state index contributed by atoms with van der Waals surface area (Å²) in [6.07, 6.45) is 7.83. The van der Waals surface area contributed by atoms with Gasteiger partial charge >= 0.3 is 0 Å². The van der Waals surface area contributed by atoms with Gasteiger partial charge in [-0.3, -0.25) is 4.90 Å². The molecule has 0 radical (unpaired) electrons. The molecule has 0 aromatic carbocycles. The molecule has 4 rings (SSSR count). The third-order valence-electron chi connectivity index (χ3n) is 5.03. The van der Waals surface area contributed by atoms with E-state index in [1.807, 2.05) is 4.52 Å². The number of piperidine rings is 1. The first-order valence-electron chi connectivity index (χ1n) is 8.54. The van der Waals surface area contributed by atoms with Crippen LogP contribution in [-0.4, -0.2) is 56.7 Å². The predicted molar refractivity (Wildman–Crippen MR) is 86.2 cm³/mol. The summed E-state index contributed by atoms with van der Waals surface area (Å²) in [5.74, 6) is 1.88. The molecule has 0 bridgehead atoms. The molecule has 0 amide bonds. The van der Waals surface area contributed by atoms with Crippen molar-refractivity contribution in [3.8, 4) is 0 Å². The second kappa shape index (κ2) is 5.83. The molecule has 0 spiro atoms. The van der Waals surface area contributed by atoms with E-state index in [0.29, 0.717) is 6.04 Å². The lowest BCUT2D eigenvalue weighted by molar-refractivity contribution is 0.215. The highest BCUT2D eigenvalue weighted by Crippen LogP contribution is 2.25. The van der Waals surface area contributed by atoms with Crippen LogP contribution >= 0.6 is 0 Å². The zero-order chi connectivity index (χ0) is 14.9. The molecule has 2 saturated heterocycles. The summed E-state index contributed by atoms with van der Waals surface area (Å²) in [5, 5.41) is 4.38. The van der Waals surface area contributed by atoms with Crippen molar-refractivity contribution in [1.29, 1.82) is 0 Å². The topological polar surface area (TPSA) is 49.6 Å². The van der Waals surface area contributed by atoms with Crippen LogP contribution in [0.1, 0.15) is 38.3 Å². The third kappa shape index (κ3) is 2.45. The van der Waals surface area contributed by atoms with Crippen LogP contribution in [0.4, 0.5) is 5.82 Å². The molecule has 1 atom stereocenters. The van der Waals surface area contributed by atoms with E-state index in [2.05, 4.69) is 37.9 Å². The average molecular weight is 300 g/mol. The van der Waals surface area contributed by atoms with E-state index in [0.717, 1.165) is 36.8 Å². The molecule has 4 heterocycles. The number of nitrogens with zero attached hydrogens (tertiary/aromatic N) is 6. The number of hydrogen-bond acceptors (Lipinski definition) is 5. The quantitative estimate of drug-likeness (QED) is 0.864. The van der Waals surface area contributed by atoms with Crippen LogP contribution in [0.2, 0.25) is 0 Å². The van der Waals surface area contributed by atoms with E-state index >= 15 is 0 Å². The first kappa shape index (κ1) is 13.9. The van der Waals surface area contributed by atoms with Crippen LogP contribution in [0.3, 0.4) is 0 Å². The SMILES string of the molecule is CCc1cc(N2CCCC(N3CCCC3)C2)n2ncnc2n1. The van der Waals surface area contributed by atoms with Gasteiger partial charge in [0.1, 0.15) is 12.1 Å². The second-order valence-electron chi connectivity index (χ2n) is 6.42. The summed E-state index contributed by atoms with van der Waals surface area (Å²) in [4.78, 5) is 14.0. The lowest BCUT2D eigenvalue weighted by Crippen LogP contribution is -2.47. The van der Waals surface area contributed by atoms with Crippen molar-refractivity contribution in [2.75, 3.05) is 31.1 Å². The van der Waals surface area contributed by atoms with Crippen LogP contribution < -0.4 is 4.90 Å². The predicted octanol–water partition coefficient (Wildman–Crippen LogP) is 1.75. The van der Waals surface area contributed by atoms with E-state index in [-0.39, 0.29) is 0 Å². The van der Waals surface area contributed by atoms with E-state index in [9.17, 15) is 0 Å². The number of rotatable bonds is 3. The fourth-order valence-electron chi connectivity index (χ4n) is 3.82. The summed E-state index contributed by atoms with van der Waals surface area (Å²) in [6, 6.07) is 2.88. The number of fused-ring (bicyclic) bond motifs is 1. The van der Waals surface area contributed by atoms with Gasteiger partial charge in [0.15, 0.2) is 0 Å². The van der Waals surface area contributed by atoms with E-state index < -0.39 is 0 Å². The Hall–Kier alpha value is -1.69. The number of aromatic nitrogens is 4. The molecule has 1 unspecified atom stereocenters. The molecule has 0 aliphatic carbocycles. The lowest BCUT2D eigenvalue weighted by Gasteiger charge is -2.38. The molecule has 2 aromatic heterocycles. The molecular formula is C16H24N6. The molecule has 0 saturated carbocycles. The molecule has 2 aliphatic heterocycles. The summed E-state index contributed by atoms with van der Waals surface area (Å²) in [7, 11) is 0. The van der Waals surface area contributed by atoms with Crippen LogP contribution in [0, 0.1) is 0 Å². The first-order valence-corrected chi connectivity index (χ1v) is 8.54. The maximum Gasteiger partial charge on any atom is 0.254 e. The van der Waals surface area contributed by atoms with Gasteiger partial charge in [0.2, 0.25) is 0 Å². The minimum absolute atomic E-state index is 0.688. The molecule has 2 aromatic rings. The summed E-state index contributed by atoms with van der Waals surface area (Å²) in [6.45, 7) is 6.89. The monoisotopic (exact) mass is 300 g/mol. The largest absolute Gasteiger partial charge is 0.355 e. The molecular weight excluding hydrogens is 276 g/mol. The Labute approximate surface area is 131 Å². The molecule has 6 heteroatoms. The van der Waals surface area contributed by atoms with Crippen LogP contribution in [0.5, 0.6) is 0 Å². The Balaban J connectivity index is 1.64. The number of hydrogen-bond donors (Lipinski definition) is 0. The van der Waals surface area contributed by atoms with Gasteiger partial charge in [-0.25, -0.2) is 4.98 Å². The number of likely N-dealkylation sites (tertiary alicyclic amines) is 1. The zero-order valence-electron chi connectivity index (χ0n) is 13.3. The van der Waals surface area contributed by atoms with Crippen molar-refractivity contribution < 1.29 is 0 Å². The fourth-order valence-corrected chi connectivity index (χ4v) is 3.82. The van der Waals surface area contributed by atoms with E-state index in [1.54, 1.807) is 6.33 Å². The summed E-state index contributed by atoms with van der Waals surface area (Å²) < 4.78 is 1.89. The Morgan fingerprint density at radius 2 is 2.05 bits per heavy atom. The highest BCUT2D eigenvalue weighted by molar-refractivity contribution is 5.48. The van der Waals surface area contributed by atoms with Crippen molar-refractivity contribution in [3.05, 3.63) is 18.1 Å². The smallest absolute Gasteiger partial charge is 0.254 e. The van der Waals surface area contributed by atoms with Crippen molar-refractivity contribution >= 4 is 11.6 Å². The molecule has 2 aliphatic rings. The highest BCUT2D eigenvalue weighted by atomic mass is 15.4. The first-order chi connectivity index (χ1) is 10.8. The molecule has 0 N–H and O–H groups in total. The van der Waals surface area contributed by atoms with Crippen LogP contribution in [-0.2, 0) is 6.42 Å². The van der Waals surface area contributed by atoms with Gasteiger partial charge in [-0.2, -0.15) is 14.6 Å². The summed E-state index contributed by atoms with van der Waals surface area (Å²) in [5.41, 5.74) is 1.10. The third-order valence-corrected chi connectivity index (χ3v) is 5.03. The maximum atomic E-state index is 4.56. The van der Waals surface area contributed by atoms with Crippen molar-refractivity contribution in [2.45, 2.75) is 45.1 Å². The van der Waals surface area contributed by atoms with E-state index in [1.165, 1.54) is 38.8 Å². The molecule has 2 fully saturated rings. The highest BCUT2D eigenvalue weighted by Gasteiger charge is 2.28. The van der Waals surface area contributed by atoms with Gasteiger partial charge in [0.05, 0.1) is 0 Å². The normalized spacial score (nSPS) is 23.5. The Bertz CT molecular complexity index is 645. The molecule has 118 valence electrons. The van der Waals surface area contributed by atoms with Crippen LogP contribution in [0.25, 0.3) is 5.78 Å². The van der Waals surface area contributed by atoms with E-state index in [4.69, 9.17) is 0 Å². The minimum Gasteiger partial charge on any atom is -0.355 e. The standard InChI is InChI=1S/C16H24N6/c1-2-13-10-15(22-16(19-13)17-12-18-22)21-9-5-6-14(11-21)20-7-3-4-8-20/h10,12,14H,2-9,11H2,1H3. The molecule has 6 nitrogen and oxygen atoms in total. The molecule has 22 heavy (non-hydrogen) atoms. The van der Waals surface area contributed by atoms with Gasteiger partial charge in [-0.15, -0.1) is 0 Å². The Morgan fingerprint density at radius 1 is 1.18 bits per heavy atom. The lowest BCUT2D eigenvalue weighted by atomic mass is 10.0. The van der Waals surface area contributed by atoms with Crippen LogP contribution in [0.15, 0.2) is 12.4 Å². The maximum absolute atomic E-state index is 4.56. The van der Waals surface area contributed by atoms with Crippen molar-refractivity contribution in [2.24, 2.45) is 0 Å². The number of anilines is 1. The average Bonchev–Trinajstić information content (AvgIpc) is 3.25.